The molecule has 0 saturated carbocycles. The highest BCUT2D eigenvalue weighted by Gasteiger charge is 2.39. The number of alkyl halides is 3. The van der Waals surface area contributed by atoms with Gasteiger partial charge in [-0.1, -0.05) is 17.3 Å². The molecule has 2 aliphatic rings. The van der Waals surface area contributed by atoms with Gasteiger partial charge in [0, 0.05) is 37.9 Å². The van der Waals surface area contributed by atoms with E-state index in [1.54, 1.807) is 29.2 Å². The van der Waals surface area contributed by atoms with Gasteiger partial charge in [0.1, 0.15) is 11.9 Å². The number of nitrogens with zero attached hydrogens (tertiary/aromatic N) is 5. The van der Waals surface area contributed by atoms with Crippen LogP contribution in [0.2, 0.25) is 0 Å². The zero-order chi connectivity index (χ0) is 23.9. The summed E-state index contributed by atoms with van der Waals surface area (Å²) in [4.78, 5) is 24.5. The molecule has 3 aromatic rings. The molecule has 0 spiro atoms. The fourth-order valence-electron chi connectivity index (χ4n) is 3.89. The van der Waals surface area contributed by atoms with Gasteiger partial charge in [0.2, 0.25) is 11.9 Å². The maximum absolute atomic E-state index is 13.1. The lowest BCUT2D eigenvalue weighted by Crippen LogP contribution is -2.56. The topological polar surface area (TPSA) is 93.8 Å². The van der Waals surface area contributed by atoms with Gasteiger partial charge in [-0.3, -0.25) is 4.79 Å². The predicted octanol–water partition coefficient (Wildman–Crippen LogP) is 3.03. The summed E-state index contributed by atoms with van der Waals surface area (Å²) in [5.74, 6) is 0.0712. The van der Waals surface area contributed by atoms with Gasteiger partial charge in [-0.2, -0.15) is 18.2 Å². The van der Waals surface area contributed by atoms with E-state index in [9.17, 15) is 18.0 Å². The molecule has 2 unspecified atom stereocenters. The number of carbonyl (C=O) groups is 1. The number of amides is 1. The summed E-state index contributed by atoms with van der Waals surface area (Å²) in [7, 11) is 0. The monoisotopic (exact) mass is 475 g/mol. The van der Waals surface area contributed by atoms with Crippen LogP contribution < -0.4 is 14.4 Å². The van der Waals surface area contributed by atoms with Gasteiger partial charge in [-0.05, 0) is 31.2 Å². The molecule has 1 aromatic carbocycles. The van der Waals surface area contributed by atoms with Gasteiger partial charge in [0.05, 0.1) is 0 Å². The maximum Gasteiger partial charge on any atom is 0.471 e. The highest BCUT2D eigenvalue weighted by atomic mass is 19.4. The molecule has 2 aromatic heterocycles. The Balaban J connectivity index is 1.20. The smallest absolute Gasteiger partial charge is 0.471 e. The second-order valence-corrected chi connectivity index (χ2v) is 7.95. The Kier molecular flexibility index (Phi) is 5.50. The number of rotatable bonds is 3. The number of benzene rings is 1. The van der Waals surface area contributed by atoms with Gasteiger partial charge in [-0.25, -0.2) is 4.98 Å². The number of aromatic nitrogens is 3. The quantitative estimate of drug-likeness (QED) is 0.571. The molecule has 0 bridgehead atoms. The van der Waals surface area contributed by atoms with Crippen molar-refractivity contribution < 1.29 is 32.0 Å². The Morgan fingerprint density at radius 1 is 1.03 bits per heavy atom. The van der Waals surface area contributed by atoms with Crippen molar-refractivity contribution in [1.82, 2.24) is 20.0 Å². The minimum Gasteiger partial charge on any atom is -0.482 e. The summed E-state index contributed by atoms with van der Waals surface area (Å²) >= 11 is 0. The van der Waals surface area contributed by atoms with Gasteiger partial charge >= 0.3 is 12.1 Å². The lowest BCUT2D eigenvalue weighted by Gasteiger charge is -2.39. The third-order valence-corrected chi connectivity index (χ3v) is 5.68. The molecule has 0 aliphatic carbocycles. The second-order valence-electron chi connectivity index (χ2n) is 7.95. The van der Waals surface area contributed by atoms with E-state index in [0.717, 1.165) is 0 Å². The van der Waals surface area contributed by atoms with Crippen LogP contribution in [0, 0.1) is 0 Å². The number of pyridine rings is 1. The van der Waals surface area contributed by atoms with Crippen molar-refractivity contribution in [2.45, 2.75) is 25.3 Å². The van der Waals surface area contributed by atoms with E-state index in [2.05, 4.69) is 19.6 Å². The fraction of sp³-hybridized carbons (Fsp3) is 0.364. The van der Waals surface area contributed by atoms with Gasteiger partial charge < -0.3 is 23.8 Å². The predicted molar refractivity (Wildman–Crippen MR) is 112 cm³/mol. The van der Waals surface area contributed by atoms with E-state index >= 15 is 0 Å². The number of anilines is 1. The Morgan fingerprint density at radius 3 is 2.35 bits per heavy atom. The molecule has 9 nitrogen and oxygen atoms in total. The molecule has 34 heavy (non-hydrogen) atoms. The summed E-state index contributed by atoms with van der Waals surface area (Å²) in [6.45, 7) is 3.82. The number of halogens is 3. The molecule has 1 saturated heterocycles. The van der Waals surface area contributed by atoms with E-state index in [1.807, 2.05) is 24.0 Å². The maximum atomic E-state index is 13.1. The largest absolute Gasteiger partial charge is 0.482 e. The molecule has 178 valence electrons. The first kappa shape index (κ1) is 22.0. The number of para-hydroxylation sites is 2. The lowest BCUT2D eigenvalue weighted by atomic mass is 10.1. The van der Waals surface area contributed by atoms with Crippen molar-refractivity contribution >= 4 is 11.7 Å². The van der Waals surface area contributed by atoms with Crippen LogP contribution in [0.5, 0.6) is 11.5 Å². The molecule has 2 aliphatic heterocycles. The van der Waals surface area contributed by atoms with Crippen LogP contribution in [0.1, 0.15) is 12.8 Å². The van der Waals surface area contributed by atoms with Crippen LogP contribution in [-0.4, -0.2) is 64.3 Å². The summed E-state index contributed by atoms with van der Waals surface area (Å²) in [5, 5.41) is 3.36. The molecule has 4 heterocycles. The standard InChI is InChI=1S/C22H20F3N5O4/c1-13-18(33-16-5-3-2-4-15(16)32-13)20(31)30-10-8-29(9-11-30)17-7-6-14(12-26-17)19-27-21(34-28-19)22(23,24)25/h2-7,12-13,18H,8-11H2,1H3. The average Bonchev–Trinajstić information content (AvgIpc) is 3.35. The zero-order valence-electron chi connectivity index (χ0n) is 18.0. The first-order valence-corrected chi connectivity index (χ1v) is 10.6. The van der Waals surface area contributed by atoms with Crippen LogP contribution in [0.4, 0.5) is 19.0 Å². The summed E-state index contributed by atoms with van der Waals surface area (Å²) < 4.78 is 54.0. The summed E-state index contributed by atoms with van der Waals surface area (Å²) in [6, 6.07) is 10.5. The Bertz CT molecular complexity index is 1180. The van der Waals surface area contributed by atoms with Crippen molar-refractivity contribution in [3.63, 3.8) is 0 Å². The molecular weight excluding hydrogens is 455 g/mol. The van der Waals surface area contributed by atoms with Gasteiger partial charge in [-0.15, -0.1) is 0 Å². The van der Waals surface area contributed by atoms with Crippen molar-refractivity contribution in [3.05, 3.63) is 48.5 Å². The molecule has 1 amide bonds. The third kappa shape index (κ3) is 4.22. The highest BCUT2D eigenvalue weighted by molar-refractivity contribution is 5.82. The number of piperazine rings is 1. The number of ether oxygens (including phenoxy) is 2. The molecule has 2 atom stereocenters. The van der Waals surface area contributed by atoms with Crippen LogP contribution in [0.3, 0.4) is 0 Å². The second kappa shape index (κ2) is 8.50. The number of hydrogen-bond donors (Lipinski definition) is 0. The Labute approximate surface area is 192 Å². The summed E-state index contributed by atoms with van der Waals surface area (Å²) in [5.41, 5.74) is 0.306. The van der Waals surface area contributed by atoms with E-state index in [1.165, 1.54) is 6.20 Å². The number of fused-ring (bicyclic) bond motifs is 1. The summed E-state index contributed by atoms with van der Waals surface area (Å²) in [6.07, 6.45) is -4.45. The van der Waals surface area contributed by atoms with Crippen molar-refractivity contribution in [1.29, 1.82) is 0 Å². The zero-order valence-corrected chi connectivity index (χ0v) is 18.0. The van der Waals surface area contributed by atoms with E-state index < -0.39 is 24.3 Å². The number of hydrogen-bond acceptors (Lipinski definition) is 8. The minimum atomic E-state index is -4.70. The number of carbonyl (C=O) groups excluding carboxylic acids is 1. The van der Waals surface area contributed by atoms with E-state index in [4.69, 9.17) is 9.47 Å². The molecule has 12 heteroatoms. The Morgan fingerprint density at radius 2 is 1.74 bits per heavy atom. The molecule has 1 fully saturated rings. The van der Waals surface area contributed by atoms with E-state index in [0.29, 0.717) is 49.1 Å². The normalized spacial score (nSPS) is 20.4. The average molecular weight is 475 g/mol. The Hall–Kier alpha value is -3.83. The minimum absolute atomic E-state index is 0.137. The highest BCUT2D eigenvalue weighted by Crippen LogP contribution is 2.34. The SMILES string of the molecule is CC1Oc2ccccc2OC1C(=O)N1CCN(c2ccc(-c3noc(C(F)(F)F)n3)cn2)CC1. The molecule has 5 rings (SSSR count). The van der Waals surface area contributed by atoms with Crippen LogP contribution >= 0.6 is 0 Å². The van der Waals surface area contributed by atoms with E-state index in [-0.39, 0.29) is 11.7 Å². The van der Waals surface area contributed by atoms with Crippen molar-refractivity contribution in [2.75, 3.05) is 31.1 Å². The van der Waals surface area contributed by atoms with Crippen molar-refractivity contribution in [3.8, 4) is 22.9 Å². The van der Waals surface area contributed by atoms with Crippen LogP contribution in [-0.2, 0) is 11.0 Å². The van der Waals surface area contributed by atoms with Crippen LogP contribution in [0.15, 0.2) is 47.1 Å². The van der Waals surface area contributed by atoms with Crippen molar-refractivity contribution in [2.24, 2.45) is 0 Å². The molecule has 0 radical (unpaired) electrons. The fourth-order valence-corrected chi connectivity index (χ4v) is 3.89. The molecule has 0 N–H and O–H groups in total. The lowest BCUT2D eigenvalue weighted by molar-refractivity contribution is -0.159. The van der Waals surface area contributed by atoms with Crippen LogP contribution in [0.25, 0.3) is 11.4 Å². The van der Waals surface area contributed by atoms with Gasteiger partial charge in [0.25, 0.3) is 5.91 Å². The molecular formula is C22H20F3N5O4. The first-order valence-electron chi connectivity index (χ1n) is 10.6. The first-order chi connectivity index (χ1) is 16.3. The van der Waals surface area contributed by atoms with Gasteiger partial charge in [0.15, 0.2) is 11.5 Å². The third-order valence-electron chi connectivity index (χ3n) is 5.68.